The first kappa shape index (κ1) is 14.2. The van der Waals surface area contributed by atoms with E-state index in [-0.39, 0.29) is 37.5 Å². The van der Waals surface area contributed by atoms with Crippen LogP contribution in [0.2, 0.25) is 0 Å². The number of nitrogens with two attached hydrogens (primary N) is 1. The second-order valence-electron chi connectivity index (χ2n) is 2.22. The quantitative estimate of drug-likeness (QED) is 0.668. The highest BCUT2D eigenvalue weighted by Crippen LogP contribution is 1.94. The van der Waals surface area contributed by atoms with Crippen molar-refractivity contribution in [2.75, 3.05) is 6.61 Å². The monoisotopic (exact) mass is 213 g/mol. The molecule has 0 fully saturated rings. The molecule has 1 heterocycles. The Hall–Kier alpha value is -0.290. The third-order valence-corrected chi connectivity index (χ3v) is 1.27. The zero-order chi connectivity index (χ0) is 7.40. The molecule has 1 aromatic rings. The lowest BCUT2D eigenvalue weighted by molar-refractivity contribution is 0.264. The van der Waals surface area contributed by atoms with Gasteiger partial charge in [-0.1, -0.05) is 0 Å². The van der Waals surface area contributed by atoms with E-state index in [1.807, 2.05) is 0 Å². The molecular weight excluding hydrogens is 201 g/mol. The van der Waals surface area contributed by atoms with Gasteiger partial charge in [-0.25, -0.2) is 4.98 Å². The van der Waals surface area contributed by atoms with E-state index in [4.69, 9.17) is 10.8 Å². The Morgan fingerprint density at radius 2 is 2.25 bits per heavy atom. The molecule has 0 saturated heterocycles. The molecule has 1 atom stereocenters. The number of aromatic amines is 1. The Morgan fingerprint density at radius 1 is 1.58 bits per heavy atom. The molecule has 1 aromatic heterocycles. The van der Waals surface area contributed by atoms with Gasteiger partial charge in [-0.05, 0) is 0 Å². The predicted molar refractivity (Wildman–Crippen MR) is 51.8 cm³/mol. The summed E-state index contributed by atoms with van der Waals surface area (Å²) in [7, 11) is 0. The van der Waals surface area contributed by atoms with Gasteiger partial charge in [-0.2, -0.15) is 0 Å². The normalized spacial score (nSPS) is 11.2. The lowest BCUT2D eigenvalue weighted by atomic mass is 10.2. The number of nitrogens with zero attached hydrogens (tertiary/aromatic N) is 1. The number of aliphatic hydroxyl groups excluding tert-OH is 1. The van der Waals surface area contributed by atoms with Crippen LogP contribution < -0.4 is 5.73 Å². The van der Waals surface area contributed by atoms with Crippen molar-refractivity contribution in [2.45, 2.75) is 12.5 Å². The van der Waals surface area contributed by atoms with Crippen LogP contribution in [-0.4, -0.2) is 27.7 Å². The van der Waals surface area contributed by atoms with E-state index >= 15 is 0 Å². The first-order valence-corrected chi connectivity index (χ1v) is 3.16. The number of hydrogen-bond acceptors (Lipinski definition) is 3. The summed E-state index contributed by atoms with van der Waals surface area (Å²) in [6.45, 7) is 0.0129. The molecule has 0 amide bonds. The summed E-state index contributed by atoms with van der Waals surface area (Å²) in [6, 6.07) is -0.180. The summed E-state index contributed by atoms with van der Waals surface area (Å²) in [5.41, 5.74) is 6.43. The molecule has 0 spiro atoms. The Bertz CT molecular complexity index is 181. The van der Waals surface area contributed by atoms with Gasteiger partial charge in [0, 0.05) is 24.4 Å². The second kappa shape index (κ2) is 7.36. The molecule has 0 aliphatic carbocycles. The lowest BCUT2D eigenvalue weighted by Crippen LogP contribution is -2.26. The van der Waals surface area contributed by atoms with Gasteiger partial charge >= 0.3 is 0 Å². The average Bonchev–Trinajstić information content (AvgIpc) is 2.40. The number of nitrogens with one attached hydrogen (secondary N) is 1. The summed E-state index contributed by atoms with van der Waals surface area (Å²) in [6.07, 6.45) is 3.95. The van der Waals surface area contributed by atoms with Gasteiger partial charge < -0.3 is 15.8 Å². The summed E-state index contributed by atoms with van der Waals surface area (Å²) < 4.78 is 0. The van der Waals surface area contributed by atoms with Gasteiger partial charge in [-0.3, -0.25) is 0 Å². The maximum Gasteiger partial charge on any atom is 0.0921 e. The van der Waals surface area contributed by atoms with Gasteiger partial charge in [0.15, 0.2) is 0 Å². The van der Waals surface area contributed by atoms with Crippen molar-refractivity contribution < 1.29 is 5.11 Å². The highest BCUT2D eigenvalue weighted by molar-refractivity contribution is 5.85. The molecule has 72 valence electrons. The molecule has 1 rings (SSSR count). The molecule has 1 unspecified atom stereocenters. The van der Waals surface area contributed by atoms with Gasteiger partial charge in [0.25, 0.3) is 0 Å². The molecule has 0 saturated carbocycles. The van der Waals surface area contributed by atoms with E-state index in [1.54, 1.807) is 12.5 Å². The first-order chi connectivity index (χ1) is 4.83. The third kappa shape index (κ3) is 4.56. The Balaban J connectivity index is 0. The fraction of sp³-hybridized carbons (Fsp3) is 0.500. The van der Waals surface area contributed by atoms with E-state index < -0.39 is 0 Å². The number of rotatable bonds is 3. The highest BCUT2D eigenvalue weighted by Gasteiger charge is 2.01. The van der Waals surface area contributed by atoms with Crippen LogP contribution in [0, 0.1) is 0 Å². The van der Waals surface area contributed by atoms with E-state index in [1.165, 1.54) is 0 Å². The molecule has 0 aromatic carbocycles. The van der Waals surface area contributed by atoms with Crippen molar-refractivity contribution in [2.24, 2.45) is 5.73 Å². The lowest BCUT2D eigenvalue weighted by Gasteiger charge is -2.03. The van der Waals surface area contributed by atoms with Crippen LogP contribution in [0.3, 0.4) is 0 Å². The van der Waals surface area contributed by atoms with E-state index in [2.05, 4.69) is 9.97 Å². The van der Waals surface area contributed by atoms with E-state index in [9.17, 15) is 0 Å². The molecule has 4 N–H and O–H groups in total. The smallest absolute Gasteiger partial charge is 0.0921 e. The summed E-state index contributed by atoms with van der Waals surface area (Å²) in [5, 5.41) is 8.57. The number of H-pyrrole nitrogens is 1. The van der Waals surface area contributed by atoms with Crippen LogP contribution in [-0.2, 0) is 6.42 Å². The molecule has 0 bridgehead atoms. The highest BCUT2D eigenvalue weighted by atomic mass is 35.5. The Labute approximate surface area is 83.4 Å². The number of halogens is 2. The molecule has 0 aliphatic heterocycles. The predicted octanol–water partition coefficient (Wildman–Crippen LogP) is 0.115. The van der Waals surface area contributed by atoms with Crippen LogP contribution in [0.1, 0.15) is 5.69 Å². The fourth-order valence-electron chi connectivity index (χ4n) is 0.743. The minimum Gasteiger partial charge on any atom is -0.395 e. The van der Waals surface area contributed by atoms with Crippen molar-refractivity contribution in [3.63, 3.8) is 0 Å². The number of aliphatic hydroxyl groups is 1. The number of imidazole rings is 1. The maximum atomic E-state index is 8.57. The minimum atomic E-state index is -0.180. The van der Waals surface area contributed by atoms with Crippen LogP contribution in [0.15, 0.2) is 12.5 Å². The largest absolute Gasteiger partial charge is 0.395 e. The van der Waals surface area contributed by atoms with Gasteiger partial charge in [0.2, 0.25) is 0 Å². The second-order valence-corrected chi connectivity index (χ2v) is 2.22. The molecule has 0 radical (unpaired) electrons. The summed E-state index contributed by atoms with van der Waals surface area (Å²) in [5.74, 6) is 0. The SMILES string of the molecule is Cl.Cl.NC(CO)Cc1cnc[nH]1. The Kier molecular flexibility index (Phi) is 8.74. The van der Waals surface area contributed by atoms with Gasteiger partial charge in [-0.15, -0.1) is 24.8 Å². The van der Waals surface area contributed by atoms with E-state index in [0.717, 1.165) is 5.69 Å². The third-order valence-electron chi connectivity index (χ3n) is 1.27. The van der Waals surface area contributed by atoms with Gasteiger partial charge in [0.05, 0.1) is 12.9 Å². The first-order valence-electron chi connectivity index (χ1n) is 3.16. The zero-order valence-electron chi connectivity index (χ0n) is 6.43. The van der Waals surface area contributed by atoms with Crippen molar-refractivity contribution >= 4 is 24.8 Å². The van der Waals surface area contributed by atoms with E-state index in [0.29, 0.717) is 6.42 Å². The van der Waals surface area contributed by atoms with Crippen molar-refractivity contribution in [3.8, 4) is 0 Å². The zero-order valence-corrected chi connectivity index (χ0v) is 8.07. The van der Waals surface area contributed by atoms with Crippen molar-refractivity contribution in [1.82, 2.24) is 9.97 Å². The summed E-state index contributed by atoms with van der Waals surface area (Å²) >= 11 is 0. The van der Waals surface area contributed by atoms with Gasteiger partial charge in [0.1, 0.15) is 0 Å². The van der Waals surface area contributed by atoms with Crippen LogP contribution in [0.4, 0.5) is 0 Å². The molecule has 12 heavy (non-hydrogen) atoms. The topological polar surface area (TPSA) is 74.9 Å². The van der Waals surface area contributed by atoms with Crippen LogP contribution in [0.5, 0.6) is 0 Å². The van der Waals surface area contributed by atoms with Crippen LogP contribution >= 0.6 is 24.8 Å². The Morgan fingerprint density at radius 3 is 2.67 bits per heavy atom. The molecule has 0 aliphatic rings. The fourth-order valence-corrected chi connectivity index (χ4v) is 0.743. The molecular formula is C6H13Cl2N3O. The molecule has 6 heteroatoms. The van der Waals surface area contributed by atoms with Crippen molar-refractivity contribution in [1.29, 1.82) is 0 Å². The average molecular weight is 214 g/mol. The number of aromatic nitrogens is 2. The number of hydrogen-bond donors (Lipinski definition) is 3. The van der Waals surface area contributed by atoms with Crippen LogP contribution in [0.25, 0.3) is 0 Å². The maximum absolute atomic E-state index is 8.57. The standard InChI is InChI=1S/C6H11N3O.2ClH/c7-5(3-10)1-6-2-8-4-9-6;;/h2,4-5,10H,1,3,7H2,(H,8,9);2*1H. The summed E-state index contributed by atoms with van der Waals surface area (Å²) in [4.78, 5) is 6.72. The van der Waals surface area contributed by atoms with Crippen molar-refractivity contribution in [3.05, 3.63) is 18.2 Å². The minimum absolute atomic E-state index is 0. The molecule has 4 nitrogen and oxygen atoms in total.